The Morgan fingerprint density at radius 2 is 2.00 bits per heavy atom. The summed E-state index contributed by atoms with van der Waals surface area (Å²) in [5.74, 6) is -0.257. The smallest absolute Gasteiger partial charge is 0.123 e. The maximum absolute atomic E-state index is 13.2. The molecular weight excluding hydrogens is 213 g/mol. The fraction of sp³-hybridized carbons (Fsp3) is 0.133. The second kappa shape index (κ2) is 4.80. The lowest BCUT2D eigenvalue weighted by Crippen LogP contribution is -1.90. The number of hydrogen-bond acceptors (Lipinski definition) is 1. The third-order valence-corrected chi connectivity index (χ3v) is 2.67. The Labute approximate surface area is 100 Å². The quantitative estimate of drug-likeness (QED) is 0.761. The summed E-state index contributed by atoms with van der Waals surface area (Å²) in [5.41, 5.74) is 3.79. The Morgan fingerprint density at radius 3 is 2.71 bits per heavy atom. The minimum Gasteiger partial charge on any atom is -0.207 e. The third kappa shape index (κ3) is 2.51. The molecule has 0 atom stereocenters. The first-order valence-electron chi connectivity index (χ1n) is 5.43. The fourth-order valence-corrected chi connectivity index (χ4v) is 1.85. The van der Waals surface area contributed by atoms with Gasteiger partial charge in [-0.2, -0.15) is 5.26 Å². The molecule has 0 aromatic heterocycles. The van der Waals surface area contributed by atoms with Gasteiger partial charge in [0.2, 0.25) is 0 Å². The minimum absolute atomic E-state index is 0.257. The molecule has 0 bridgehead atoms. The molecule has 0 N–H and O–H groups in total. The summed E-state index contributed by atoms with van der Waals surface area (Å²) in [6, 6.07) is 14.5. The number of nitriles is 1. The lowest BCUT2D eigenvalue weighted by Gasteiger charge is -2.08. The van der Waals surface area contributed by atoms with Gasteiger partial charge >= 0.3 is 0 Å². The maximum Gasteiger partial charge on any atom is 0.123 e. The first-order chi connectivity index (χ1) is 8.20. The first-order valence-corrected chi connectivity index (χ1v) is 5.43. The van der Waals surface area contributed by atoms with Crippen LogP contribution in [0.3, 0.4) is 0 Å². The van der Waals surface area contributed by atoms with Crippen LogP contribution < -0.4 is 0 Å². The van der Waals surface area contributed by atoms with Gasteiger partial charge in [-0.15, -0.1) is 0 Å². The van der Waals surface area contributed by atoms with E-state index in [1.807, 2.05) is 31.2 Å². The van der Waals surface area contributed by atoms with Gasteiger partial charge < -0.3 is 0 Å². The molecule has 1 nitrogen and oxygen atoms in total. The molecule has 17 heavy (non-hydrogen) atoms. The predicted molar refractivity (Wildman–Crippen MR) is 65.9 cm³/mol. The van der Waals surface area contributed by atoms with Crippen LogP contribution in [0.1, 0.15) is 11.1 Å². The van der Waals surface area contributed by atoms with E-state index in [4.69, 9.17) is 5.26 Å². The van der Waals surface area contributed by atoms with Crippen molar-refractivity contribution in [3.8, 4) is 17.2 Å². The molecular formula is C15H12FN. The molecule has 2 rings (SSSR count). The Morgan fingerprint density at radius 1 is 1.18 bits per heavy atom. The van der Waals surface area contributed by atoms with Gasteiger partial charge in [-0.25, -0.2) is 4.39 Å². The van der Waals surface area contributed by atoms with Crippen LogP contribution in [0.15, 0.2) is 42.5 Å². The van der Waals surface area contributed by atoms with Gasteiger partial charge in [-0.3, -0.25) is 0 Å². The van der Waals surface area contributed by atoms with Gasteiger partial charge in [-0.05, 0) is 35.7 Å². The van der Waals surface area contributed by atoms with Crippen LogP contribution >= 0.6 is 0 Å². The minimum atomic E-state index is -0.257. The molecule has 0 saturated heterocycles. The van der Waals surface area contributed by atoms with Crippen molar-refractivity contribution in [2.45, 2.75) is 13.3 Å². The van der Waals surface area contributed by atoms with Crippen LogP contribution in [0, 0.1) is 24.1 Å². The van der Waals surface area contributed by atoms with Crippen molar-refractivity contribution in [1.82, 2.24) is 0 Å². The molecule has 0 radical (unpaired) electrons. The molecule has 0 fully saturated rings. The van der Waals surface area contributed by atoms with Crippen LogP contribution in [0.5, 0.6) is 0 Å². The van der Waals surface area contributed by atoms with E-state index in [2.05, 4.69) is 6.07 Å². The molecule has 2 heteroatoms. The zero-order chi connectivity index (χ0) is 12.3. The highest BCUT2D eigenvalue weighted by Gasteiger charge is 2.06. The summed E-state index contributed by atoms with van der Waals surface area (Å²) in [5, 5.41) is 8.79. The van der Waals surface area contributed by atoms with Crippen LogP contribution in [0.2, 0.25) is 0 Å². The largest absolute Gasteiger partial charge is 0.207 e. The second-order valence-electron chi connectivity index (χ2n) is 4.01. The van der Waals surface area contributed by atoms with E-state index < -0.39 is 0 Å². The molecule has 0 aliphatic rings. The maximum atomic E-state index is 13.2. The zero-order valence-electron chi connectivity index (χ0n) is 9.57. The molecule has 0 unspecified atom stereocenters. The van der Waals surface area contributed by atoms with Crippen LogP contribution in [0.25, 0.3) is 11.1 Å². The van der Waals surface area contributed by atoms with Crippen molar-refractivity contribution in [2.75, 3.05) is 0 Å². The highest BCUT2D eigenvalue weighted by atomic mass is 19.1. The summed E-state index contributed by atoms with van der Waals surface area (Å²) < 4.78 is 13.2. The van der Waals surface area contributed by atoms with E-state index in [-0.39, 0.29) is 5.82 Å². The molecule has 0 amide bonds. The summed E-state index contributed by atoms with van der Waals surface area (Å²) in [4.78, 5) is 0. The van der Waals surface area contributed by atoms with Crippen LogP contribution in [0.4, 0.5) is 4.39 Å². The topological polar surface area (TPSA) is 23.8 Å². The molecule has 2 aromatic carbocycles. The highest BCUT2D eigenvalue weighted by molar-refractivity contribution is 5.68. The van der Waals surface area contributed by atoms with Crippen LogP contribution in [-0.4, -0.2) is 0 Å². The number of hydrogen-bond donors (Lipinski definition) is 0. The number of rotatable bonds is 2. The van der Waals surface area contributed by atoms with Crippen LogP contribution in [-0.2, 0) is 6.42 Å². The molecule has 2 aromatic rings. The summed E-state index contributed by atoms with van der Waals surface area (Å²) in [6.45, 7) is 1.99. The Hall–Kier alpha value is -2.14. The number of aryl methyl sites for hydroxylation is 1. The van der Waals surface area contributed by atoms with Gasteiger partial charge in [0.05, 0.1) is 12.5 Å². The Bertz CT molecular complexity index is 582. The SMILES string of the molecule is Cc1ccc(CC#N)c(-c2cccc(F)c2)c1. The van der Waals surface area contributed by atoms with E-state index >= 15 is 0 Å². The lowest BCUT2D eigenvalue weighted by atomic mass is 9.96. The normalized spacial score (nSPS) is 9.94. The molecule has 0 heterocycles. The number of benzene rings is 2. The van der Waals surface area contributed by atoms with Gasteiger partial charge in [0.15, 0.2) is 0 Å². The van der Waals surface area contributed by atoms with Crippen molar-refractivity contribution >= 4 is 0 Å². The van der Waals surface area contributed by atoms with Crippen molar-refractivity contribution in [1.29, 1.82) is 5.26 Å². The average Bonchev–Trinajstić information content (AvgIpc) is 2.32. The Kier molecular flexibility index (Phi) is 3.20. The molecule has 0 aliphatic carbocycles. The van der Waals surface area contributed by atoms with Gasteiger partial charge in [0.1, 0.15) is 5.82 Å². The summed E-state index contributed by atoms with van der Waals surface area (Å²) in [6.07, 6.45) is 0.339. The van der Waals surface area contributed by atoms with E-state index in [0.717, 1.165) is 22.3 Å². The second-order valence-corrected chi connectivity index (χ2v) is 4.01. The van der Waals surface area contributed by atoms with Crippen molar-refractivity contribution in [2.24, 2.45) is 0 Å². The lowest BCUT2D eigenvalue weighted by molar-refractivity contribution is 0.628. The summed E-state index contributed by atoms with van der Waals surface area (Å²) in [7, 11) is 0. The average molecular weight is 225 g/mol. The van der Waals surface area contributed by atoms with E-state index in [1.165, 1.54) is 12.1 Å². The monoisotopic (exact) mass is 225 g/mol. The molecule has 0 spiro atoms. The predicted octanol–water partition coefficient (Wildman–Crippen LogP) is 3.87. The third-order valence-electron chi connectivity index (χ3n) is 2.67. The van der Waals surface area contributed by atoms with Gasteiger partial charge in [-0.1, -0.05) is 35.9 Å². The summed E-state index contributed by atoms with van der Waals surface area (Å²) >= 11 is 0. The molecule has 0 saturated carbocycles. The van der Waals surface area contributed by atoms with Crippen molar-refractivity contribution < 1.29 is 4.39 Å². The van der Waals surface area contributed by atoms with E-state index in [0.29, 0.717) is 6.42 Å². The molecule has 84 valence electrons. The molecule has 0 aliphatic heterocycles. The van der Waals surface area contributed by atoms with E-state index in [1.54, 1.807) is 6.07 Å². The standard InChI is InChI=1S/C15H12FN/c1-11-5-6-12(7-8-17)15(9-11)13-3-2-4-14(16)10-13/h2-6,9-10H,7H2,1H3. The first kappa shape index (κ1) is 11.3. The zero-order valence-corrected chi connectivity index (χ0v) is 9.57. The van der Waals surface area contributed by atoms with Crippen molar-refractivity contribution in [3.05, 3.63) is 59.4 Å². The van der Waals surface area contributed by atoms with Crippen molar-refractivity contribution in [3.63, 3.8) is 0 Å². The Balaban J connectivity index is 2.57. The number of halogens is 1. The fourth-order valence-electron chi connectivity index (χ4n) is 1.85. The van der Waals surface area contributed by atoms with E-state index in [9.17, 15) is 4.39 Å². The number of nitrogens with zero attached hydrogens (tertiary/aromatic N) is 1. The van der Waals surface area contributed by atoms with Gasteiger partial charge in [0, 0.05) is 0 Å². The van der Waals surface area contributed by atoms with Gasteiger partial charge in [0.25, 0.3) is 0 Å². The highest BCUT2D eigenvalue weighted by Crippen LogP contribution is 2.25.